The molecule has 0 unspecified atom stereocenters. The molecule has 3 rings (SSSR count). The molecule has 0 aliphatic carbocycles. The monoisotopic (exact) mass is 344 g/mol. The highest BCUT2D eigenvalue weighted by Gasteiger charge is 2.21. The summed E-state index contributed by atoms with van der Waals surface area (Å²) in [5, 5.41) is 0. The maximum Gasteiger partial charge on any atom is 0.185 e. The Hall–Kier alpha value is -2.69. The summed E-state index contributed by atoms with van der Waals surface area (Å²) in [5.41, 5.74) is 1.85. The predicted molar refractivity (Wildman–Crippen MR) is 91.1 cm³/mol. The van der Waals surface area contributed by atoms with E-state index >= 15 is 0 Å². The largest absolute Gasteiger partial charge is 0.493 e. The summed E-state index contributed by atoms with van der Waals surface area (Å²) in [6, 6.07) is 6.83. The van der Waals surface area contributed by atoms with Crippen molar-refractivity contribution >= 4 is 11.9 Å². The van der Waals surface area contributed by atoms with Crippen LogP contribution in [-0.2, 0) is 6.42 Å². The standard InChI is InChI=1S/C20H18F2O3/c1-3-24-19-11-15-8-12(2)25-20(15)10-14(19)5-7-18(23)13-4-6-16(21)17(22)9-13/h4-7,9-12H,3,8H2,1-2H3/b7-5+/t12-/m1/s1. The van der Waals surface area contributed by atoms with E-state index in [1.165, 1.54) is 12.1 Å². The second-order valence-electron chi connectivity index (χ2n) is 5.89. The molecule has 3 nitrogen and oxygen atoms in total. The van der Waals surface area contributed by atoms with Crippen molar-refractivity contribution in [2.24, 2.45) is 0 Å². The Bertz CT molecular complexity index is 843. The quantitative estimate of drug-likeness (QED) is 0.588. The molecule has 5 heteroatoms. The maximum absolute atomic E-state index is 13.3. The van der Waals surface area contributed by atoms with Crippen LogP contribution in [0.4, 0.5) is 8.78 Å². The van der Waals surface area contributed by atoms with Gasteiger partial charge in [-0.15, -0.1) is 0 Å². The Labute approximate surface area is 144 Å². The van der Waals surface area contributed by atoms with Crippen LogP contribution in [0.5, 0.6) is 11.5 Å². The molecule has 0 saturated heterocycles. The Morgan fingerprint density at radius 3 is 2.80 bits per heavy atom. The molecule has 2 aromatic rings. The number of ketones is 1. The third kappa shape index (κ3) is 3.71. The molecule has 0 aromatic heterocycles. The Morgan fingerprint density at radius 2 is 2.08 bits per heavy atom. The number of halogens is 2. The van der Waals surface area contributed by atoms with Crippen LogP contribution in [0.25, 0.3) is 6.08 Å². The summed E-state index contributed by atoms with van der Waals surface area (Å²) < 4.78 is 37.6. The Morgan fingerprint density at radius 1 is 1.28 bits per heavy atom. The van der Waals surface area contributed by atoms with Gasteiger partial charge >= 0.3 is 0 Å². The van der Waals surface area contributed by atoms with Gasteiger partial charge in [-0.1, -0.05) is 0 Å². The fourth-order valence-electron chi connectivity index (χ4n) is 2.78. The lowest BCUT2D eigenvalue weighted by Gasteiger charge is -2.10. The van der Waals surface area contributed by atoms with Crippen LogP contribution in [-0.4, -0.2) is 18.5 Å². The first-order valence-corrected chi connectivity index (χ1v) is 8.11. The number of allylic oxidation sites excluding steroid dienone is 1. The minimum absolute atomic E-state index is 0.0825. The summed E-state index contributed by atoms with van der Waals surface area (Å²) in [6.45, 7) is 4.36. The van der Waals surface area contributed by atoms with E-state index in [0.717, 1.165) is 29.9 Å². The highest BCUT2D eigenvalue weighted by atomic mass is 19.2. The smallest absolute Gasteiger partial charge is 0.185 e. The van der Waals surface area contributed by atoms with Crippen molar-refractivity contribution in [3.63, 3.8) is 0 Å². The number of fused-ring (bicyclic) bond motifs is 1. The van der Waals surface area contributed by atoms with Gasteiger partial charge in [0.1, 0.15) is 17.6 Å². The van der Waals surface area contributed by atoms with Gasteiger partial charge in [-0.3, -0.25) is 4.79 Å². The molecule has 0 bridgehead atoms. The third-order valence-electron chi connectivity index (χ3n) is 3.95. The second-order valence-corrected chi connectivity index (χ2v) is 5.89. The van der Waals surface area contributed by atoms with E-state index in [1.807, 2.05) is 26.0 Å². The van der Waals surface area contributed by atoms with Crippen LogP contribution in [0.15, 0.2) is 36.4 Å². The number of hydrogen-bond donors (Lipinski definition) is 0. The van der Waals surface area contributed by atoms with Crippen LogP contribution in [0.3, 0.4) is 0 Å². The number of hydrogen-bond acceptors (Lipinski definition) is 3. The van der Waals surface area contributed by atoms with Crippen LogP contribution in [0, 0.1) is 11.6 Å². The van der Waals surface area contributed by atoms with Crippen molar-refractivity contribution in [3.8, 4) is 11.5 Å². The zero-order valence-electron chi connectivity index (χ0n) is 14.0. The zero-order chi connectivity index (χ0) is 18.0. The van der Waals surface area contributed by atoms with Crippen molar-refractivity contribution in [3.05, 3.63) is 64.7 Å². The highest BCUT2D eigenvalue weighted by molar-refractivity contribution is 6.07. The van der Waals surface area contributed by atoms with Crippen molar-refractivity contribution in [1.82, 2.24) is 0 Å². The van der Waals surface area contributed by atoms with E-state index in [1.54, 1.807) is 6.08 Å². The van der Waals surface area contributed by atoms with E-state index in [4.69, 9.17) is 9.47 Å². The second kappa shape index (κ2) is 7.05. The normalized spacial score (nSPS) is 15.9. The van der Waals surface area contributed by atoms with Crippen molar-refractivity contribution in [1.29, 1.82) is 0 Å². The van der Waals surface area contributed by atoms with Gasteiger partial charge < -0.3 is 9.47 Å². The molecule has 0 N–H and O–H groups in total. The van der Waals surface area contributed by atoms with Gasteiger partial charge in [0.15, 0.2) is 17.4 Å². The molecule has 2 aromatic carbocycles. The number of rotatable bonds is 5. The van der Waals surface area contributed by atoms with Gasteiger partial charge in [-0.2, -0.15) is 0 Å². The van der Waals surface area contributed by atoms with Gasteiger partial charge in [0.05, 0.1) is 6.61 Å². The minimum atomic E-state index is -1.05. The molecule has 1 aliphatic rings. The van der Waals surface area contributed by atoms with E-state index in [9.17, 15) is 13.6 Å². The van der Waals surface area contributed by atoms with Crippen molar-refractivity contribution in [2.75, 3.05) is 6.61 Å². The van der Waals surface area contributed by atoms with E-state index in [0.29, 0.717) is 17.9 Å². The van der Waals surface area contributed by atoms with Crippen LogP contribution < -0.4 is 9.47 Å². The zero-order valence-corrected chi connectivity index (χ0v) is 14.0. The summed E-state index contributed by atoms with van der Waals surface area (Å²) in [4.78, 5) is 12.2. The SMILES string of the molecule is CCOc1cc2c(cc1/C=C/C(=O)c1ccc(F)c(F)c1)O[C@H](C)C2. The Kier molecular flexibility index (Phi) is 4.83. The molecule has 130 valence electrons. The van der Waals surface area contributed by atoms with E-state index in [-0.39, 0.29) is 11.7 Å². The molecule has 0 radical (unpaired) electrons. The molecule has 0 amide bonds. The number of ether oxygens (including phenoxy) is 2. The first kappa shape index (κ1) is 17.1. The predicted octanol–water partition coefficient (Wildman–Crippen LogP) is 4.58. The van der Waals surface area contributed by atoms with Gasteiger partial charge in [0.25, 0.3) is 0 Å². The van der Waals surface area contributed by atoms with E-state index in [2.05, 4.69) is 0 Å². The molecular weight excluding hydrogens is 326 g/mol. The number of carbonyl (C=O) groups excluding carboxylic acids is 1. The van der Waals surface area contributed by atoms with Crippen LogP contribution in [0.1, 0.15) is 35.3 Å². The van der Waals surface area contributed by atoms with Gasteiger partial charge in [0.2, 0.25) is 0 Å². The molecule has 25 heavy (non-hydrogen) atoms. The lowest BCUT2D eigenvalue weighted by molar-refractivity contribution is 0.104. The first-order valence-electron chi connectivity index (χ1n) is 8.11. The maximum atomic E-state index is 13.3. The molecule has 1 heterocycles. The molecular formula is C20H18F2O3. The fourth-order valence-corrected chi connectivity index (χ4v) is 2.78. The number of benzene rings is 2. The van der Waals surface area contributed by atoms with Crippen LogP contribution in [0.2, 0.25) is 0 Å². The molecule has 1 aliphatic heterocycles. The summed E-state index contributed by atoms with van der Waals surface area (Å²) in [5.74, 6) is -1.02. The molecule has 1 atom stereocenters. The summed E-state index contributed by atoms with van der Waals surface area (Å²) >= 11 is 0. The fraction of sp³-hybridized carbons (Fsp3) is 0.250. The topological polar surface area (TPSA) is 35.5 Å². The van der Waals surface area contributed by atoms with Gasteiger partial charge in [-0.05, 0) is 56.3 Å². The first-order chi connectivity index (χ1) is 12.0. The van der Waals surface area contributed by atoms with Crippen molar-refractivity contribution < 1.29 is 23.0 Å². The minimum Gasteiger partial charge on any atom is -0.493 e. The molecule has 0 saturated carbocycles. The number of carbonyl (C=O) groups is 1. The summed E-state index contributed by atoms with van der Waals surface area (Å²) in [7, 11) is 0. The van der Waals surface area contributed by atoms with E-state index < -0.39 is 17.4 Å². The lowest BCUT2D eigenvalue weighted by atomic mass is 10.0. The Balaban J connectivity index is 1.88. The van der Waals surface area contributed by atoms with Gasteiger partial charge in [0, 0.05) is 23.1 Å². The lowest BCUT2D eigenvalue weighted by Crippen LogP contribution is -2.05. The van der Waals surface area contributed by atoms with Gasteiger partial charge in [-0.25, -0.2) is 8.78 Å². The summed E-state index contributed by atoms with van der Waals surface area (Å²) in [6.07, 6.45) is 3.83. The van der Waals surface area contributed by atoms with Crippen LogP contribution >= 0.6 is 0 Å². The highest BCUT2D eigenvalue weighted by Crippen LogP contribution is 2.35. The average molecular weight is 344 g/mol. The van der Waals surface area contributed by atoms with Crippen molar-refractivity contribution in [2.45, 2.75) is 26.4 Å². The average Bonchev–Trinajstić information content (AvgIpc) is 2.94. The molecule has 0 fully saturated rings. The third-order valence-corrected chi connectivity index (χ3v) is 3.95. The molecule has 0 spiro atoms.